The molecule has 0 aromatic heterocycles. The van der Waals surface area contributed by atoms with E-state index in [2.05, 4.69) is 28.9 Å². The molecule has 2 nitrogen and oxygen atoms in total. The summed E-state index contributed by atoms with van der Waals surface area (Å²) in [4.78, 5) is 14.7. The highest BCUT2D eigenvalue weighted by atomic mass is 79.9. The molecular weight excluding hydrogens is 350 g/mol. The number of hydrogen-bond acceptors (Lipinski definition) is 1. The molecule has 0 bridgehead atoms. The van der Waals surface area contributed by atoms with Crippen LogP contribution in [0.5, 0.6) is 0 Å². The van der Waals surface area contributed by atoms with Crippen LogP contribution in [0.3, 0.4) is 0 Å². The topological polar surface area (TPSA) is 20.3 Å². The average molecular weight is 367 g/mol. The lowest BCUT2D eigenvalue weighted by molar-refractivity contribution is 0.0737. The SMILES string of the molecule is CC1CCN(C(=O)c2ccc3cc(Br)ccc3c2)C1CCl. The third-order valence-corrected chi connectivity index (χ3v) is 5.16. The second-order valence-electron chi connectivity index (χ2n) is 5.69. The maximum absolute atomic E-state index is 12.7. The summed E-state index contributed by atoms with van der Waals surface area (Å²) >= 11 is 9.51. The first-order valence-electron chi connectivity index (χ1n) is 7.16. The van der Waals surface area contributed by atoms with E-state index in [1.54, 1.807) is 0 Å². The van der Waals surface area contributed by atoms with E-state index in [4.69, 9.17) is 11.6 Å². The highest BCUT2D eigenvalue weighted by molar-refractivity contribution is 9.10. The first kappa shape index (κ1) is 14.9. The van der Waals surface area contributed by atoms with E-state index in [1.165, 1.54) is 0 Å². The predicted molar refractivity (Wildman–Crippen MR) is 91.0 cm³/mol. The molecule has 1 saturated heterocycles. The highest BCUT2D eigenvalue weighted by Crippen LogP contribution is 2.28. The Bertz CT molecular complexity index is 688. The van der Waals surface area contributed by atoms with Crippen molar-refractivity contribution in [2.75, 3.05) is 12.4 Å². The van der Waals surface area contributed by atoms with Crippen LogP contribution in [0, 0.1) is 5.92 Å². The Morgan fingerprint density at radius 2 is 2.00 bits per heavy atom. The first-order valence-corrected chi connectivity index (χ1v) is 8.49. The number of alkyl halides is 1. The average Bonchev–Trinajstić information content (AvgIpc) is 2.86. The summed E-state index contributed by atoms with van der Waals surface area (Å²) in [6.07, 6.45) is 1.03. The number of benzene rings is 2. The van der Waals surface area contributed by atoms with Gasteiger partial charge in [0.15, 0.2) is 0 Å². The quantitative estimate of drug-likeness (QED) is 0.706. The number of halogens is 2. The van der Waals surface area contributed by atoms with Gasteiger partial charge in [-0.05, 0) is 47.4 Å². The first-order chi connectivity index (χ1) is 10.1. The molecule has 3 rings (SSSR count). The number of rotatable bonds is 2. The zero-order valence-electron chi connectivity index (χ0n) is 11.9. The van der Waals surface area contributed by atoms with Gasteiger partial charge < -0.3 is 4.90 Å². The zero-order chi connectivity index (χ0) is 15.0. The Balaban J connectivity index is 1.93. The summed E-state index contributed by atoms with van der Waals surface area (Å²) in [6, 6.07) is 12.1. The van der Waals surface area contributed by atoms with Crippen LogP contribution < -0.4 is 0 Å². The fourth-order valence-electron chi connectivity index (χ4n) is 3.01. The van der Waals surface area contributed by atoms with Gasteiger partial charge in [0.2, 0.25) is 0 Å². The van der Waals surface area contributed by atoms with Gasteiger partial charge in [0, 0.05) is 28.5 Å². The Labute approximate surface area is 138 Å². The van der Waals surface area contributed by atoms with Crippen LogP contribution in [-0.2, 0) is 0 Å². The van der Waals surface area contributed by atoms with Crippen molar-refractivity contribution >= 4 is 44.2 Å². The second-order valence-corrected chi connectivity index (χ2v) is 6.92. The Morgan fingerprint density at radius 3 is 2.76 bits per heavy atom. The Hall–Kier alpha value is -1.06. The molecule has 110 valence electrons. The van der Waals surface area contributed by atoms with E-state index in [0.29, 0.717) is 11.8 Å². The number of likely N-dealkylation sites (tertiary alicyclic amines) is 1. The molecule has 21 heavy (non-hydrogen) atoms. The van der Waals surface area contributed by atoms with Crippen molar-refractivity contribution < 1.29 is 4.79 Å². The van der Waals surface area contributed by atoms with Crippen molar-refractivity contribution in [1.29, 1.82) is 0 Å². The minimum Gasteiger partial charge on any atom is -0.334 e. The lowest BCUT2D eigenvalue weighted by atomic mass is 10.0. The van der Waals surface area contributed by atoms with Crippen molar-refractivity contribution in [3.8, 4) is 0 Å². The number of nitrogens with zero attached hydrogens (tertiary/aromatic N) is 1. The molecule has 0 N–H and O–H groups in total. The van der Waals surface area contributed by atoms with E-state index < -0.39 is 0 Å². The molecular formula is C17H17BrClNO. The van der Waals surface area contributed by atoms with Crippen molar-refractivity contribution in [3.63, 3.8) is 0 Å². The number of carbonyl (C=O) groups excluding carboxylic acids is 1. The van der Waals surface area contributed by atoms with Crippen LogP contribution in [0.15, 0.2) is 40.9 Å². The van der Waals surface area contributed by atoms with E-state index in [-0.39, 0.29) is 11.9 Å². The zero-order valence-corrected chi connectivity index (χ0v) is 14.2. The van der Waals surface area contributed by atoms with Gasteiger partial charge in [0.25, 0.3) is 5.91 Å². The summed E-state index contributed by atoms with van der Waals surface area (Å²) in [5.41, 5.74) is 0.744. The lowest BCUT2D eigenvalue weighted by Crippen LogP contribution is -2.38. The molecule has 1 fully saturated rings. The third-order valence-electron chi connectivity index (χ3n) is 4.35. The number of carbonyl (C=O) groups is 1. The molecule has 4 heteroatoms. The van der Waals surface area contributed by atoms with Crippen molar-refractivity contribution in [3.05, 3.63) is 46.4 Å². The molecule has 0 spiro atoms. The van der Waals surface area contributed by atoms with Gasteiger partial charge in [0.1, 0.15) is 0 Å². The predicted octanol–water partition coefficient (Wildman–Crippen LogP) is 4.69. The summed E-state index contributed by atoms with van der Waals surface area (Å²) in [6.45, 7) is 2.97. The van der Waals surface area contributed by atoms with Crippen LogP contribution in [0.4, 0.5) is 0 Å². The summed E-state index contributed by atoms with van der Waals surface area (Å²) in [7, 11) is 0. The van der Waals surface area contributed by atoms with E-state index in [9.17, 15) is 4.79 Å². The van der Waals surface area contributed by atoms with Gasteiger partial charge in [-0.25, -0.2) is 0 Å². The minimum atomic E-state index is 0.0924. The maximum atomic E-state index is 12.7. The van der Waals surface area contributed by atoms with E-state index in [0.717, 1.165) is 33.8 Å². The standard InChI is InChI=1S/C17H17BrClNO/c1-11-6-7-20(16(11)10-19)17(21)14-3-2-13-9-15(18)5-4-12(13)8-14/h2-5,8-9,11,16H,6-7,10H2,1H3. The van der Waals surface area contributed by atoms with Crippen LogP contribution >= 0.6 is 27.5 Å². The normalized spacial score (nSPS) is 22.0. The Kier molecular flexibility index (Phi) is 4.23. The minimum absolute atomic E-state index is 0.0924. The molecule has 2 unspecified atom stereocenters. The summed E-state index contributed by atoms with van der Waals surface area (Å²) in [5.74, 6) is 1.07. The van der Waals surface area contributed by atoms with Gasteiger partial charge in [0.05, 0.1) is 0 Å². The second kappa shape index (κ2) is 5.98. The Morgan fingerprint density at radius 1 is 1.29 bits per heavy atom. The van der Waals surface area contributed by atoms with Gasteiger partial charge in [-0.2, -0.15) is 0 Å². The molecule has 0 saturated carbocycles. The smallest absolute Gasteiger partial charge is 0.254 e. The fourth-order valence-corrected chi connectivity index (χ4v) is 3.86. The molecule has 2 aromatic rings. The fraction of sp³-hybridized carbons (Fsp3) is 0.353. The van der Waals surface area contributed by atoms with Gasteiger partial charge in [-0.3, -0.25) is 4.79 Å². The third kappa shape index (κ3) is 2.82. The molecule has 2 aromatic carbocycles. The van der Waals surface area contributed by atoms with E-state index >= 15 is 0 Å². The van der Waals surface area contributed by atoms with Crippen LogP contribution in [0.2, 0.25) is 0 Å². The number of fused-ring (bicyclic) bond motifs is 1. The monoisotopic (exact) mass is 365 g/mol. The maximum Gasteiger partial charge on any atom is 0.254 e. The molecule has 0 aliphatic carbocycles. The van der Waals surface area contributed by atoms with Crippen LogP contribution in [0.1, 0.15) is 23.7 Å². The molecule has 2 atom stereocenters. The largest absolute Gasteiger partial charge is 0.334 e. The van der Waals surface area contributed by atoms with Crippen molar-refractivity contribution in [2.24, 2.45) is 5.92 Å². The highest BCUT2D eigenvalue weighted by Gasteiger charge is 2.34. The number of amides is 1. The van der Waals surface area contributed by atoms with Crippen LogP contribution in [-0.4, -0.2) is 29.3 Å². The molecule has 0 radical (unpaired) electrons. The van der Waals surface area contributed by atoms with Gasteiger partial charge >= 0.3 is 0 Å². The van der Waals surface area contributed by atoms with Crippen molar-refractivity contribution in [1.82, 2.24) is 4.90 Å². The summed E-state index contributed by atoms with van der Waals surface area (Å²) in [5, 5.41) is 2.21. The van der Waals surface area contributed by atoms with Gasteiger partial charge in [-0.15, -0.1) is 11.6 Å². The number of hydrogen-bond donors (Lipinski definition) is 0. The lowest BCUT2D eigenvalue weighted by Gasteiger charge is -2.25. The van der Waals surface area contributed by atoms with Gasteiger partial charge in [-0.1, -0.05) is 35.0 Å². The molecule has 1 aliphatic heterocycles. The molecule has 1 heterocycles. The molecule has 1 amide bonds. The van der Waals surface area contributed by atoms with Crippen molar-refractivity contribution in [2.45, 2.75) is 19.4 Å². The van der Waals surface area contributed by atoms with E-state index in [1.807, 2.05) is 35.2 Å². The summed E-state index contributed by atoms with van der Waals surface area (Å²) < 4.78 is 1.05. The van der Waals surface area contributed by atoms with Crippen LogP contribution in [0.25, 0.3) is 10.8 Å². The molecule has 1 aliphatic rings.